The van der Waals surface area contributed by atoms with Crippen molar-refractivity contribution in [2.75, 3.05) is 14.2 Å². The summed E-state index contributed by atoms with van der Waals surface area (Å²) < 4.78 is 50.1. The van der Waals surface area contributed by atoms with Crippen molar-refractivity contribution in [2.45, 2.75) is 19.7 Å². The van der Waals surface area contributed by atoms with Crippen molar-refractivity contribution in [2.24, 2.45) is 0 Å². The van der Waals surface area contributed by atoms with E-state index in [4.69, 9.17) is 4.74 Å². The Hall–Kier alpha value is -1.99. The van der Waals surface area contributed by atoms with Gasteiger partial charge in [0.05, 0.1) is 20.6 Å². The minimum atomic E-state index is -4.91. The van der Waals surface area contributed by atoms with Crippen molar-refractivity contribution in [1.29, 1.82) is 0 Å². The minimum absolute atomic E-state index is 0.0241. The summed E-state index contributed by atoms with van der Waals surface area (Å²) in [6, 6.07) is 0. The van der Waals surface area contributed by atoms with E-state index in [9.17, 15) is 18.0 Å². The summed E-state index contributed by atoms with van der Waals surface area (Å²) in [7, 11) is 2.29. The fourth-order valence-electron chi connectivity index (χ4n) is 1.40. The second kappa shape index (κ2) is 5.77. The first-order chi connectivity index (χ1) is 8.78. The lowest BCUT2D eigenvalue weighted by atomic mass is 10.1. The van der Waals surface area contributed by atoms with Gasteiger partial charge in [0, 0.05) is 11.8 Å². The van der Waals surface area contributed by atoms with Gasteiger partial charge in [0.15, 0.2) is 5.75 Å². The van der Waals surface area contributed by atoms with Crippen LogP contribution in [0.2, 0.25) is 0 Å². The summed E-state index contributed by atoms with van der Waals surface area (Å²) in [6.07, 6.45) is -3.99. The van der Waals surface area contributed by atoms with Crippen LogP contribution in [0.5, 0.6) is 11.6 Å². The van der Waals surface area contributed by atoms with E-state index >= 15 is 0 Å². The lowest BCUT2D eigenvalue weighted by Gasteiger charge is -2.16. The van der Waals surface area contributed by atoms with E-state index in [0.29, 0.717) is 5.56 Å². The van der Waals surface area contributed by atoms with Gasteiger partial charge in [-0.2, -0.15) is 0 Å². The highest BCUT2D eigenvalue weighted by Gasteiger charge is 2.35. The van der Waals surface area contributed by atoms with Crippen LogP contribution in [0.4, 0.5) is 13.2 Å². The predicted molar refractivity (Wildman–Crippen MR) is 57.9 cm³/mol. The number of nitrogens with zero attached hydrogens (tertiary/aromatic N) is 1. The molecule has 0 saturated heterocycles. The van der Waals surface area contributed by atoms with Crippen LogP contribution in [-0.2, 0) is 16.0 Å². The van der Waals surface area contributed by atoms with Crippen LogP contribution in [0.15, 0.2) is 6.20 Å². The maximum absolute atomic E-state index is 12.4. The third-order valence-electron chi connectivity index (χ3n) is 2.28. The molecule has 0 amide bonds. The molecule has 0 spiro atoms. The first kappa shape index (κ1) is 15.1. The van der Waals surface area contributed by atoms with Gasteiger partial charge in [0.1, 0.15) is 0 Å². The van der Waals surface area contributed by atoms with Crippen LogP contribution < -0.4 is 9.47 Å². The fraction of sp³-hybridized carbons (Fsp3) is 0.455. The molecule has 8 heteroatoms. The second-order valence-electron chi connectivity index (χ2n) is 3.56. The lowest BCUT2D eigenvalue weighted by molar-refractivity contribution is -0.275. The number of methoxy groups -OCH3 is 2. The molecule has 0 atom stereocenters. The fourth-order valence-corrected chi connectivity index (χ4v) is 1.40. The molecule has 1 rings (SSSR count). The molecule has 1 heterocycles. The number of alkyl halides is 3. The van der Waals surface area contributed by atoms with Crippen molar-refractivity contribution in [3.8, 4) is 11.6 Å². The van der Waals surface area contributed by atoms with Crippen molar-refractivity contribution in [3.05, 3.63) is 17.3 Å². The van der Waals surface area contributed by atoms with Gasteiger partial charge in [-0.1, -0.05) is 0 Å². The van der Waals surface area contributed by atoms with Gasteiger partial charge in [0.25, 0.3) is 5.88 Å². The maximum atomic E-state index is 12.4. The molecule has 1 aromatic rings. The number of hydrogen-bond acceptors (Lipinski definition) is 5. The molecular formula is C11H12F3NO4. The molecule has 0 bridgehead atoms. The van der Waals surface area contributed by atoms with Gasteiger partial charge in [-0.05, 0) is 12.5 Å². The zero-order valence-corrected chi connectivity index (χ0v) is 10.5. The van der Waals surface area contributed by atoms with E-state index in [1.54, 1.807) is 0 Å². The number of aromatic nitrogens is 1. The van der Waals surface area contributed by atoms with Crippen LogP contribution >= 0.6 is 0 Å². The number of hydrogen-bond donors (Lipinski definition) is 0. The zero-order valence-electron chi connectivity index (χ0n) is 10.5. The minimum Gasteiger partial charge on any atom is -0.478 e. The van der Waals surface area contributed by atoms with E-state index in [1.807, 2.05) is 0 Å². The van der Waals surface area contributed by atoms with Crippen molar-refractivity contribution in [3.63, 3.8) is 0 Å². The van der Waals surface area contributed by atoms with Crippen LogP contribution in [0, 0.1) is 6.92 Å². The molecule has 0 saturated carbocycles. The summed E-state index contributed by atoms with van der Waals surface area (Å²) in [5.74, 6) is -1.66. The number of rotatable bonds is 4. The molecule has 0 N–H and O–H groups in total. The highest BCUT2D eigenvalue weighted by Crippen LogP contribution is 2.35. The highest BCUT2D eigenvalue weighted by molar-refractivity contribution is 5.74. The molecular weight excluding hydrogens is 267 g/mol. The molecule has 0 aliphatic rings. The molecule has 5 nitrogen and oxygen atoms in total. The first-order valence-electron chi connectivity index (χ1n) is 5.13. The zero-order chi connectivity index (χ0) is 14.6. The molecule has 0 unspecified atom stereocenters. The molecule has 0 radical (unpaired) electrons. The van der Waals surface area contributed by atoms with E-state index in [1.165, 1.54) is 13.1 Å². The molecule has 0 aromatic carbocycles. The first-order valence-corrected chi connectivity index (χ1v) is 5.13. The Morgan fingerprint density at radius 2 is 2.00 bits per heavy atom. The number of aryl methyl sites for hydroxylation is 1. The van der Waals surface area contributed by atoms with Gasteiger partial charge >= 0.3 is 12.3 Å². The molecule has 19 heavy (non-hydrogen) atoms. The smallest absolute Gasteiger partial charge is 0.478 e. The highest BCUT2D eigenvalue weighted by atomic mass is 19.4. The summed E-state index contributed by atoms with van der Waals surface area (Å²) in [4.78, 5) is 14.9. The van der Waals surface area contributed by atoms with E-state index in [2.05, 4.69) is 14.5 Å². The third-order valence-corrected chi connectivity index (χ3v) is 2.28. The number of ether oxygens (including phenoxy) is 3. The van der Waals surface area contributed by atoms with Gasteiger partial charge < -0.3 is 14.2 Å². The quantitative estimate of drug-likeness (QED) is 0.789. The normalized spacial score (nSPS) is 11.1. The topological polar surface area (TPSA) is 57.7 Å². The van der Waals surface area contributed by atoms with E-state index < -0.39 is 18.1 Å². The summed E-state index contributed by atoms with van der Waals surface area (Å²) in [5, 5.41) is 0. The number of carbonyl (C=O) groups is 1. The number of halogens is 3. The van der Waals surface area contributed by atoms with Crippen molar-refractivity contribution >= 4 is 5.97 Å². The van der Waals surface area contributed by atoms with Crippen molar-refractivity contribution in [1.82, 2.24) is 4.98 Å². The molecule has 106 valence electrons. The Labute approximate surface area is 107 Å². The average Bonchev–Trinajstić information content (AvgIpc) is 2.32. The summed E-state index contributed by atoms with van der Waals surface area (Å²) >= 11 is 0. The maximum Gasteiger partial charge on any atom is 0.573 e. The van der Waals surface area contributed by atoms with E-state index in [0.717, 1.165) is 14.2 Å². The number of esters is 1. The van der Waals surface area contributed by atoms with Crippen LogP contribution in [0.25, 0.3) is 0 Å². The van der Waals surface area contributed by atoms with Crippen LogP contribution in [0.3, 0.4) is 0 Å². The Bertz CT molecular complexity index is 474. The lowest BCUT2D eigenvalue weighted by Crippen LogP contribution is -2.20. The van der Waals surface area contributed by atoms with Gasteiger partial charge in [-0.15, -0.1) is 13.2 Å². The molecule has 1 aromatic heterocycles. The molecule has 0 aliphatic heterocycles. The van der Waals surface area contributed by atoms with Crippen LogP contribution in [-0.4, -0.2) is 31.5 Å². The largest absolute Gasteiger partial charge is 0.573 e. The summed E-state index contributed by atoms with van der Waals surface area (Å²) in [6.45, 7) is 1.51. The van der Waals surface area contributed by atoms with E-state index in [-0.39, 0.29) is 17.9 Å². The molecule has 0 aliphatic carbocycles. The van der Waals surface area contributed by atoms with Gasteiger partial charge in [0.2, 0.25) is 0 Å². The Kier molecular flexibility index (Phi) is 4.57. The van der Waals surface area contributed by atoms with Gasteiger partial charge in [-0.25, -0.2) is 4.98 Å². The summed E-state index contributed by atoms with van der Waals surface area (Å²) in [5.41, 5.74) is 0.390. The molecule has 0 fully saturated rings. The average molecular weight is 279 g/mol. The van der Waals surface area contributed by atoms with Crippen molar-refractivity contribution < 1.29 is 32.2 Å². The SMILES string of the molecule is COC(=O)Cc1c(C)cnc(OC)c1OC(F)(F)F. The Morgan fingerprint density at radius 1 is 1.37 bits per heavy atom. The Balaban J connectivity index is 3.28. The standard InChI is InChI=1S/C11H12F3NO4/c1-6-5-15-10(18-3)9(19-11(12,13)14)7(6)4-8(16)17-2/h5H,4H2,1-3H3. The van der Waals surface area contributed by atoms with Gasteiger partial charge in [-0.3, -0.25) is 4.79 Å². The number of carbonyl (C=O) groups excluding carboxylic acids is 1. The Morgan fingerprint density at radius 3 is 2.47 bits per heavy atom. The predicted octanol–water partition coefficient (Wildman–Crippen LogP) is 2.01. The third kappa shape index (κ3) is 4.01. The van der Waals surface area contributed by atoms with Crippen LogP contribution in [0.1, 0.15) is 11.1 Å². The second-order valence-corrected chi connectivity index (χ2v) is 3.56. The number of pyridine rings is 1. The monoisotopic (exact) mass is 279 g/mol.